The van der Waals surface area contributed by atoms with Gasteiger partial charge >= 0.3 is 5.97 Å². The quantitative estimate of drug-likeness (QED) is 0.920. The zero-order chi connectivity index (χ0) is 14.9. The molecule has 1 N–H and O–H groups in total. The van der Waals surface area contributed by atoms with Crippen LogP contribution in [-0.4, -0.2) is 25.8 Å². The molecule has 0 spiro atoms. The van der Waals surface area contributed by atoms with Gasteiger partial charge in [-0.2, -0.15) is 5.10 Å². The lowest BCUT2D eigenvalue weighted by Crippen LogP contribution is -2.06. The van der Waals surface area contributed by atoms with Crippen LogP contribution in [0.1, 0.15) is 47.4 Å². The van der Waals surface area contributed by atoms with Crippen LogP contribution in [0, 0.1) is 13.8 Å². The average molecular weight is 293 g/mol. The van der Waals surface area contributed by atoms with Crippen LogP contribution >= 0.6 is 11.3 Å². The number of aromatic nitrogens is 3. The first kappa shape index (κ1) is 14.7. The number of rotatable bonds is 5. The molecule has 0 aromatic carbocycles. The minimum atomic E-state index is -0.827. The summed E-state index contributed by atoms with van der Waals surface area (Å²) in [5.41, 5.74) is 3.47. The molecule has 2 aromatic rings. The van der Waals surface area contributed by atoms with Crippen LogP contribution in [0.5, 0.6) is 0 Å². The molecule has 6 heteroatoms. The van der Waals surface area contributed by atoms with Crippen molar-refractivity contribution in [1.82, 2.24) is 14.8 Å². The van der Waals surface area contributed by atoms with Crippen LogP contribution in [0.4, 0.5) is 0 Å². The molecule has 5 nitrogen and oxygen atoms in total. The topological polar surface area (TPSA) is 68.0 Å². The summed E-state index contributed by atoms with van der Waals surface area (Å²) in [4.78, 5) is 15.5. The van der Waals surface area contributed by atoms with Gasteiger partial charge in [-0.1, -0.05) is 13.8 Å². The summed E-state index contributed by atoms with van der Waals surface area (Å²) >= 11 is 1.66. The molecule has 0 radical (unpaired) electrons. The molecule has 108 valence electrons. The fraction of sp³-hybridized carbons (Fsp3) is 0.500. The lowest BCUT2D eigenvalue weighted by Gasteiger charge is -2.03. The molecule has 20 heavy (non-hydrogen) atoms. The molecule has 2 aromatic heterocycles. The monoisotopic (exact) mass is 293 g/mol. The van der Waals surface area contributed by atoms with E-state index >= 15 is 0 Å². The largest absolute Gasteiger partial charge is 0.481 e. The van der Waals surface area contributed by atoms with E-state index in [0.717, 1.165) is 27.7 Å². The van der Waals surface area contributed by atoms with Crippen LogP contribution in [0.3, 0.4) is 0 Å². The third-order valence-electron chi connectivity index (χ3n) is 3.23. The number of aryl methyl sites for hydroxylation is 1. The number of nitrogens with zero attached hydrogens (tertiary/aromatic N) is 3. The molecule has 0 saturated heterocycles. The van der Waals surface area contributed by atoms with E-state index in [4.69, 9.17) is 5.11 Å². The summed E-state index contributed by atoms with van der Waals surface area (Å²) < 4.78 is 1.84. The minimum absolute atomic E-state index is 0.0198. The van der Waals surface area contributed by atoms with Crippen molar-refractivity contribution in [3.05, 3.63) is 33.0 Å². The maximum Gasteiger partial charge on any atom is 0.307 e. The van der Waals surface area contributed by atoms with E-state index in [1.54, 1.807) is 11.3 Å². The molecule has 0 unspecified atom stereocenters. The molecule has 2 heterocycles. The van der Waals surface area contributed by atoms with E-state index in [9.17, 15) is 4.79 Å². The standard InChI is InChI=1S/C14H19N3O2S/c1-8(2)14-15-11(7-20-14)6-17-10(4)12(5-13(18)19)9(3)16-17/h7-8H,5-6H2,1-4H3,(H,18,19). The number of carboxylic acids is 1. The van der Waals surface area contributed by atoms with Gasteiger partial charge in [0, 0.05) is 22.6 Å². The van der Waals surface area contributed by atoms with E-state index in [1.807, 2.05) is 23.9 Å². The highest BCUT2D eigenvalue weighted by atomic mass is 32.1. The van der Waals surface area contributed by atoms with Crippen molar-refractivity contribution >= 4 is 17.3 Å². The first-order valence-electron chi connectivity index (χ1n) is 6.57. The smallest absolute Gasteiger partial charge is 0.307 e. The molecule has 0 aliphatic heterocycles. The van der Waals surface area contributed by atoms with Crippen molar-refractivity contribution in [2.24, 2.45) is 0 Å². The molecule has 0 fully saturated rings. The van der Waals surface area contributed by atoms with Crippen molar-refractivity contribution in [3.8, 4) is 0 Å². The molecule has 0 aliphatic rings. The molecule has 2 rings (SSSR count). The SMILES string of the molecule is Cc1nn(Cc2csc(C(C)C)n2)c(C)c1CC(=O)O. The van der Waals surface area contributed by atoms with Gasteiger partial charge in [0.25, 0.3) is 0 Å². The lowest BCUT2D eigenvalue weighted by atomic mass is 10.1. The number of thiazole rings is 1. The molecule has 0 saturated carbocycles. The Morgan fingerprint density at radius 3 is 2.70 bits per heavy atom. The Balaban J connectivity index is 2.23. The molecule has 0 aliphatic carbocycles. The van der Waals surface area contributed by atoms with Crippen molar-refractivity contribution in [1.29, 1.82) is 0 Å². The van der Waals surface area contributed by atoms with Gasteiger partial charge in [0.1, 0.15) is 0 Å². The second-order valence-corrected chi connectivity index (χ2v) is 6.10. The van der Waals surface area contributed by atoms with Gasteiger partial charge in [-0.05, 0) is 13.8 Å². The predicted molar refractivity (Wildman–Crippen MR) is 78.3 cm³/mol. The van der Waals surface area contributed by atoms with Crippen LogP contribution in [0.25, 0.3) is 0 Å². The molecular weight excluding hydrogens is 274 g/mol. The molecule has 0 bridgehead atoms. The normalized spacial score (nSPS) is 11.2. The Bertz CT molecular complexity index is 628. The van der Waals surface area contributed by atoms with E-state index in [0.29, 0.717) is 12.5 Å². The van der Waals surface area contributed by atoms with Gasteiger partial charge in [0.2, 0.25) is 0 Å². The van der Waals surface area contributed by atoms with Crippen LogP contribution in [0.15, 0.2) is 5.38 Å². The number of hydrogen-bond donors (Lipinski definition) is 1. The minimum Gasteiger partial charge on any atom is -0.481 e. The van der Waals surface area contributed by atoms with Gasteiger partial charge in [-0.25, -0.2) is 4.98 Å². The van der Waals surface area contributed by atoms with E-state index in [2.05, 4.69) is 23.9 Å². The third kappa shape index (κ3) is 3.07. The number of aliphatic carboxylic acids is 1. The van der Waals surface area contributed by atoms with E-state index < -0.39 is 5.97 Å². The maximum atomic E-state index is 10.9. The Hall–Kier alpha value is -1.69. The molecule has 0 atom stereocenters. The summed E-state index contributed by atoms with van der Waals surface area (Å²) in [5.74, 6) is -0.400. The van der Waals surface area contributed by atoms with Crippen LogP contribution < -0.4 is 0 Å². The zero-order valence-corrected chi connectivity index (χ0v) is 13.0. The first-order valence-corrected chi connectivity index (χ1v) is 7.45. The Kier molecular flexibility index (Phi) is 4.23. The Labute approximate surface area is 122 Å². The van der Waals surface area contributed by atoms with Crippen molar-refractivity contribution in [2.75, 3.05) is 0 Å². The van der Waals surface area contributed by atoms with E-state index in [1.165, 1.54) is 0 Å². The Morgan fingerprint density at radius 1 is 1.45 bits per heavy atom. The number of carbonyl (C=O) groups is 1. The van der Waals surface area contributed by atoms with Gasteiger partial charge in [-0.3, -0.25) is 9.48 Å². The van der Waals surface area contributed by atoms with Crippen molar-refractivity contribution in [3.63, 3.8) is 0 Å². The lowest BCUT2D eigenvalue weighted by molar-refractivity contribution is -0.136. The predicted octanol–water partition coefficient (Wildman–Crippen LogP) is 2.76. The van der Waals surface area contributed by atoms with Gasteiger partial charge in [0.05, 0.1) is 29.4 Å². The van der Waals surface area contributed by atoms with E-state index in [-0.39, 0.29) is 6.42 Å². The molecular formula is C14H19N3O2S. The van der Waals surface area contributed by atoms with Gasteiger partial charge in [-0.15, -0.1) is 11.3 Å². The van der Waals surface area contributed by atoms with Gasteiger partial charge in [0.15, 0.2) is 0 Å². The zero-order valence-electron chi connectivity index (χ0n) is 12.2. The summed E-state index contributed by atoms with van der Waals surface area (Å²) in [6, 6.07) is 0. The maximum absolute atomic E-state index is 10.9. The first-order chi connectivity index (χ1) is 9.38. The summed E-state index contributed by atoms with van der Waals surface area (Å²) in [5, 5.41) is 16.5. The number of hydrogen-bond acceptors (Lipinski definition) is 4. The number of carboxylic acid groups (broad SMARTS) is 1. The van der Waals surface area contributed by atoms with Crippen molar-refractivity contribution < 1.29 is 9.90 Å². The summed E-state index contributed by atoms with van der Waals surface area (Å²) in [6.45, 7) is 8.60. The second-order valence-electron chi connectivity index (χ2n) is 5.21. The van der Waals surface area contributed by atoms with Crippen LogP contribution in [0.2, 0.25) is 0 Å². The fourth-order valence-corrected chi connectivity index (χ4v) is 2.94. The highest BCUT2D eigenvalue weighted by Crippen LogP contribution is 2.21. The highest BCUT2D eigenvalue weighted by Gasteiger charge is 2.15. The Morgan fingerprint density at radius 2 is 2.15 bits per heavy atom. The fourth-order valence-electron chi connectivity index (χ4n) is 2.11. The summed E-state index contributed by atoms with van der Waals surface area (Å²) in [6.07, 6.45) is 0.0198. The molecule has 0 amide bonds. The second kappa shape index (κ2) is 5.75. The highest BCUT2D eigenvalue weighted by molar-refractivity contribution is 7.09. The third-order valence-corrected chi connectivity index (χ3v) is 4.43. The average Bonchev–Trinajstić information content (AvgIpc) is 2.91. The van der Waals surface area contributed by atoms with Crippen molar-refractivity contribution in [2.45, 2.75) is 46.6 Å². The summed E-state index contributed by atoms with van der Waals surface area (Å²) in [7, 11) is 0. The van der Waals surface area contributed by atoms with Gasteiger partial charge < -0.3 is 5.11 Å². The van der Waals surface area contributed by atoms with Crippen LogP contribution in [-0.2, 0) is 17.8 Å².